The van der Waals surface area contributed by atoms with Gasteiger partial charge in [-0.2, -0.15) is 11.8 Å². The fourth-order valence-electron chi connectivity index (χ4n) is 1.00. The molecule has 3 heteroatoms. The van der Waals surface area contributed by atoms with Crippen LogP contribution in [0, 0.1) is 0 Å². The fourth-order valence-corrected chi connectivity index (χ4v) is 1.55. The summed E-state index contributed by atoms with van der Waals surface area (Å²) in [4.78, 5) is 0. The molecule has 0 saturated carbocycles. The van der Waals surface area contributed by atoms with Crippen LogP contribution in [-0.4, -0.2) is 37.8 Å². The summed E-state index contributed by atoms with van der Waals surface area (Å²) >= 11 is 1.98. The Hall–Kier alpha value is 0.270. The number of nitrogens with one attached hydrogen (secondary N) is 1. The highest BCUT2D eigenvalue weighted by Gasteiger charge is 2.02. The molecule has 1 N–H and O–H groups in total. The van der Waals surface area contributed by atoms with Crippen molar-refractivity contribution in [1.29, 1.82) is 0 Å². The zero-order valence-corrected chi connectivity index (χ0v) is 9.25. The maximum atomic E-state index is 5.08. The van der Waals surface area contributed by atoms with Crippen molar-refractivity contribution in [3.05, 3.63) is 0 Å². The van der Waals surface area contributed by atoms with E-state index in [0.717, 1.165) is 19.6 Å². The van der Waals surface area contributed by atoms with E-state index in [4.69, 9.17) is 4.74 Å². The Morgan fingerprint density at radius 1 is 1.42 bits per heavy atom. The van der Waals surface area contributed by atoms with E-state index in [2.05, 4.69) is 19.2 Å². The molecule has 0 spiro atoms. The van der Waals surface area contributed by atoms with Gasteiger partial charge in [0.15, 0.2) is 0 Å². The highest BCUT2D eigenvalue weighted by molar-refractivity contribution is 7.99. The molecule has 0 saturated heterocycles. The van der Waals surface area contributed by atoms with Crippen molar-refractivity contribution in [2.45, 2.75) is 26.3 Å². The minimum Gasteiger partial charge on any atom is -0.383 e. The third kappa shape index (κ3) is 6.95. The monoisotopic (exact) mass is 191 g/mol. The molecular weight excluding hydrogens is 170 g/mol. The van der Waals surface area contributed by atoms with Crippen LogP contribution < -0.4 is 5.32 Å². The van der Waals surface area contributed by atoms with Crippen LogP contribution in [0.4, 0.5) is 0 Å². The first-order chi connectivity index (χ1) is 5.85. The minimum absolute atomic E-state index is 0.535. The minimum atomic E-state index is 0.535. The molecule has 2 nitrogen and oxygen atoms in total. The molecule has 0 aliphatic rings. The van der Waals surface area contributed by atoms with Gasteiger partial charge in [-0.1, -0.05) is 13.8 Å². The summed E-state index contributed by atoms with van der Waals surface area (Å²) in [6, 6.07) is 0.535. The van der Waals surface area contributed by atoms with Crippen molar-refractivity contribution >= 4 is 11.8 Å². The van der Waals surface area contributed by atoms with Crippen molar-refractivity contribution in [2.24, 2.45) is 0 Å². The molecule has 0 rings (SSSR count). The molecule has 1 unspecified atom stereocenters. The Morgan fingerprint density at radius 2 is 2.17 bits per heavy atom. The Bertz CT molecular complexity index is 90.6. The zero-order chi connectivity index (χ0) is 9.23. The van der Waals surface area contributed by atoms with Crippen LogP contribution in [-0.2, 0) is 4.74 Å². The number of ether oxygens (including phenoxy) is 1. The Morgan fingerprint density at radius 3 is 2.67 bits per heavy atom. The average Bonchev–Trinajstić information content (AvgIpc) is 2.10. The predicted molar refractivity (Wildman–Crippen MR) is 57.0 cm³/mol. The maximum Gasteiger partial charge on any atom is 0.0615 e. The largest absolute Gasteiger partial charge is 0.383 e. The number of methoxy groups -OCH3 is 1. The van der Waals surface area contributed by atoms with E-state index in [-0.39, 0.29) is 0 Å². The topological polar surface area (TPSA) is 21.3 Å². The molecule has 1 atom stereocenters. The second-order valence-electron chi connectivity index (χ2n) is 2.71. The van der Waals surface area contributed by atoms with Crippen LogP contribution >= 0.6 is 11.8 Å². The predicted octanol–water partition coefficient (Wildman–Crippen LogP) is 1.75. The third-order valence-corrected chi connectivity index (χ3v) is 2.65. The van der Waals surface area contributed by atoms with Crippen molar-refractivity contribution in [3.63, 3.8) is 0 Å². The fraction of sp³-hybridized carbons (Fsp3) is 1.00. The van der Waals surface area contributed by atoms with E-state index >= 15 is 0 Å². The van der Waals surface area contributed by atoms with Crippen LogP contribution in [0.5, 0.6) is 0 Å². The first-order valence-corrected chi connectivity index (χ1v) is 5.80. The molecule has 0 aromatic heterocycles. The standard InChI is InChI=1S/C9H21NOS/c1-4-9(8-11-3)10-6-7-12-5-2/h9-10H,4-8H2,1-3H3. The summed E-state index contributed by atoms with van der Waals surface area (Å²) in [5.74, 6) is 2.42. The molecule has 0 heterocycles. The molecule has 0 aliphatic heterocycles. The van der Waals surface area contributed by atoms with Crippen molar-refractivity contribution in [1.82, 2.24) is 5.32 Å². The molecule has 0 bridgehead atoms. The van der Waals surface area contributed by atoms with Gasteiger partial charge in [0, 0.05) is 25.4 Å². The van der Waals surface area contributed by atoms with Gasteiger partial charge in [-0.3, -0.25) is 0 Å². The molecule has 0 fully saturated rings. The summed E-state index contributed by atoms with van der Waals surface area (Å²) in [5, 5.41) is 3.46. The Labute approximate surface area is 80.4 Å². The normalized spacial score (nSPS) is 13.2. The first kappa shape index (κ1) is 12.3. The smallest absolute Gasteiger partial charge is 0.0615 e. The second kappa shape index (κ2) is 9.36. The van der Waals surface area contributed by atoms with Gasteiger partial charge in [0.2, 0.25) is 0 Å². The van der Waals surface area contributed by atoms with Crippen LogP contribution in [0.2, 0.25) is 0 Å². The van der Waals surface area contributed by atoms with Crippen LogP contribution in [0.3, 0.4) is 0 Å². The Kier molecular flexibility index (Phi) is 9.57. The lowest BCUT2D eigenvalue weighted by molar-refractivity contribution is 0.165. The second-order valence-corrected chi connectivity index (χ2v) is 4.11. The van der Waals surface area contributed by atoms with E-state index < -0.39 is 0 Å². The van der Waals surface area contributed by atoms with E-state index in [1.807, 2.05) is 11.8 Å². The van der Waals surface area contributed by atoms with E-state index in [1.54, 1.807) is 7.11 Å². The lowest BCUT2D eigenvalue weighted by atomic mass is 10.2. The molecular formula is C9H21NOS. The molecule has 0 amide bonds. The highest BCUT2D eigenvalue weighted by Crippen LogP contribution is 1.97. The van der Waals surface area contributed by atoms with E-state index in [9.17, 15) is 0 Å². The number of hydrogen-bond acceptors (Lipinski definition) is 3. The molecule has 74 valence electrons. The van der Waals surface area contributed by atoms with Crippen LogP contribution in [0.1, 0.15) is 20.3 Å². The van der Waals surface area contributed by atoms with Crippen molar-refractivity contribution in [2.75, 3.05) is 31.8 Å². The number of thioether (sulfide) groups is 1. The van der Waals surface area contributed by atoms with Gasteiger partial charge in [0.1, 0.15) is 0 Å². The molecule has 0 aromatic carbocycles. The van der Waals surface area contributed by atoms with Gasteiger partial charge in [0.25, 0.3) is 0 Å². The van der Waals surface area contributed by atoms with Crippen molar-refractivity contribution < 1.29 is 4.74 Å². The number of rotatable bonds is 8. The summed E-state index contributed by atoms with van der Waals surface area (Å²) in [5.41, 5.74) is 0. The van der Waals surface area contributed by atoms with Gasteiger partial charge < -0.3 is 10.1 Å². The molecule has 0 aromatic rings. The van der Waals surface area contributed by atoms with Gasteiger partial charge in [-0.25, -0.2) is 0 Å². The SMILES string of the molecule is CCSCCNC(CC)COC. The highest BCUT2D eigenvalue weighted by atomic mass is 32.2. The lowest BCUT2D eigenvalue weighted by Gasteiger charge is -2.15. The summed E-state index contributed by atoms with van der Waals surface area (Å²) < 4.78 is 5.08. The third-order valence-electron chi connectivity index (χ3n) is 1.74. The lowest BCUT2D eigenvalue weighted by Crippen LogP contribution is -2.34. The number of hydrogen-bond donors (Lipinski definition) is 1. The average molecular weight is 191 g/mol. The Balaban J connectivity index is 3.19. The van der Waals surface area contributed by atoms with Crippen molar-refractivity contribution in [3.8, 4) is 0 Å². The van der Waals surface area contributed by atoms with Gasteiger partial charge >= 0.3 is 0 Å². The van der Waals surface area contributed by atoms with Gasteiger partial charge in [0.05, 0.1) is 6.61 Å². The van der Waals surface area contributed by atoms with Crippen LogP contribution in [0.25, 0.3) is 0 Å². The molecule has 12 heavy (non-hydrogen) atoms. The summed E-state index contributed by atoms with van der Waals surface area (Å²) in [6.07, 6.45) is 1.14. The zero-order valence-electron chi connectivity index (χ0n) is 8.43. The van der Waals surface area contributed by atoms with Gasteiger partial charge in [-0.05, 0) is 12.2 Å². The van der Waals surface area contributed by atoms with Gasteiger partial charge in [-0.15, -0.1) is 0 Å². The summed E-state index contributed by atoms with van der Waals surface area (Å²) in [6.45, 7) is 6.30. The van der Waals surface area contributed by atoms with E-state index in [0.29, 0.717) is 6.04 Å². The summed E-state index contributed by atoms with van der Waals surface area (Å²) in [7, 11) is 1.76. The molecule has 0 radical (unpaired) electrons. The first-order valence-electron chi connectivity index (χ1n) is 4.65. The quantitative estimate of drug-likeness (QED) is 0.591. The van der Waals surface area contributed by atoms with E-state index in [1.165, 1.54) is 11.5 Å². The maximum absolute atomic E-state index is 5.08. The molecule has 0 aliphatic carbocycles. The van der Waals surface area contributed by atoms with Crippen LogP contribution in [0.15, 0.2) is 0 Å².